The molecule has 1 aliphatic rings. The quantitative estimate of drug-likeness (QED) is 0.816. The molecule has 0 radical (unpaired) electrons. The number of nitrogens with two attached hydrogens (primary N) is 1. The highest BCUT2D eigenvalue weighted by Gasteiger charge is 2.21. The molecule has 0 unspecified atom stereocenters. The number of halogens is 1. The fourth-order valence-electron chi connectivity index (χ4n) is 2.44. The van der Waals surface area contributed by atoms with E-state index in [4.69, 9.17) is 5.73 Å². The van der Waals surface area contributed by atoms with E-state index in [0.29, 0.717) is 12.3 Å². The third-order valence-electron chi connectivity index (χ3n) is 3.54. The van der Waals surface area contributed by atoms with Gasteiger partial charge in [-0.25, -0.2) is 0 Å². The van der Waals surface area contributed by atoms with E-state index in [1.165, 1.54) is 11.1 Å². The molecule has 106 valence electrons. The molecule has 0 saturated heterocycles. The van der Waals surface area contributed by atoms with Gasteiger partial charge in [0.05, 0.1) is 0 Å². The predicted molar refractivity (Wildman–Crippen MR) is 80.1 cm³/mol. The minimum Gasteiger partial charge on any atom is -0.334 e. The van der Waals surface area contributed by atoms with E-state index in [9.17, 15) is 4.79 Å². The molecule has 1 heterocycles. The molecule has 0 atom stereocenters. The second kappa shape index (κ2) is 8.18. The van der Waals surface area contributed by atoms with Gasteiger partial charge in [0.25, 0.3) is 0 Å². The molecule has 0 spiro atoms. The van der Waals surface area contributed by atoms with Gasteiger partial charge in [-0.2, -0.15) is 0 Å². The molecule has 2 N–H and O–H groups in total. The Labute approximate surface area is 121 Å². The Morgan fingerprint density at radius 3 is 2.21 bits per heavy atom. The molecule has 1 aliphatic heterocycles. The van der Waals surface area contributed by atoms with Gasteiger partial charge in [-0.05, 0) is 30.5 Å². The van der Waals surface area contributed by atoms with E-state index in [-0.39, 0.29) is 12.4 Å². The van der Waals surface area contributed by atoms with Crippen LogP contribution in [-0.2, 0) is 17.9 Å². The molecule has 1 aromatic carbocycles. The molecule has 0 aliphatic carbocycles. The average molecular weight is 283 g/mol. The number of fused-ring (bicyclic) bond motifs is 1. The maximum Gasteiger partial charge on any atom is 0.223 e. The van der Waals surface area contributed by atoms with Crippen LogP contribution >= 0.6 is 12.4 Å². The lowest BCUT2D eigenvalue weighted by Crippen LogP contribution is -2.24. The minimum absolute atomic E-state index is 0. The van der Waals surface area contributed by atoms with Gasteiger partial charge in [0, 0.05) is 19.5 Å². The number of benzene rings is 1. The second-order valence-electron chi connectivity index (χ2n) is 4.97. The Balaban J connectivity index is 0.00000180. The van der Waals surface area contributed by atoms with Gasteiger partial charge in [0.1, 0.15) is 0 Å². The summed E-state index contributed by atoms with van der Waals surface area (Å²) < 4.78 is 0. The van der Waals surface area contributed by atoms with Gasteiger partial charge in [-0.3, -0.25) is 4.79 Å². The summed E-state index contributed by atoms with van der Waals surface area (Å²) in [6.07, 6.45) is 5.00. The normalized spacial score (nSPS) is 13.0. The number of hydrogen-bond donors (Lipinski definition) is 1. The zero-order valence-electron chi connectivity index (χ0n) is 11.3. The first-order chi connectivity index (χ1) is 8.81. The van der Waals surface area contributed by atoms with Gasteiger partial charge < -0.3 is 10.6 Å². The lowest BCUT2D eigenvalue weighted by Gasteiger charge is -2.15. The van der Waals surface area contributed by atoms with Crippen LogP contribution in [0, 0.1) is 0 Å². The van der Waals surface area contributed by atoms with Crippen LogP contribution in [0.1, 0.15) is 43.2 Å². The van der Waals surface area contributed by atoms with Crippen molar-refractivity contribution in [3.05, 3.63) is 35.4 Å². The van der Waals surface area contributed by atoms with Crippen molar-refractivity contribution in [1.29, 1.82) is 0 Å². The molecule has 0 aromatic heterocycles. The maximum atomic E-state index is 12.0. The van der Waals surface area contributed by atoms with Gasteiger partial charge in [0.2, 0.25) is 5.91 Å². The van der Waals surface area contributed by atoms with Crippen LogP contribution in [0.25, 0.3) is 0 Å². The van der Waals surface area contributed by atoms with Gasteiger partial charge in [-0.1, -0.05) is 37.1 Å². The van der Waals surface area contributed by atoms with Crippen LogP contribution in [0.15, 0.2) is 24.3 Å². The Bertz CT molecular complexity index is 384. The lowest BCUT2D eigenvalue weighted by molar-refractivity contribution is -0.131. The lowest BCUT2D eigenvalue weighted by atomic mass is 10.1. The Morgan fingerprint density at radius 1 is 1.05 bits per heavy atom. The largest absolute Gasteiger partial charge is 0.334 e. The van der Waals surface area contributed by atoms with Gasteiger partial charge in [-0.15, -0.1) is 12.4 Å². The molecule has 4 heteroatoms. The van der Waals surface area contributed by atoms with Gasteiger partial charge in [0.15, 0.2) is 0 Å². The van der Waals surface area contributed by atoms with Crippen LogP contribution in [0.4, 0.5) is 0 Å². The first kappa shape index (κ1) is 16.0. The zero-order valence-corrected chi connectivity index (χ0v) is 12.1. The van der Waals surface area contributed by atoms with Crippen molar-refractivity contribution in [1.82, 2.24) is 4.90 Å². The Morgan fingerprint density at radius 2 is 1.63 bits per heavy atom. The Kier molecular flexibility index (Phi) is 6.89. The first-order valence-electron chi connectivity index (χ1n) is 6.86. The van der Waals surface area contributed by atoms with Crippen LogP contribution in [-0.4, -0.2) is 17.4 Å². The number of nitrogens with zero attached hydrogens (tertiary/aromatic N) is 1. The minimum atomic E-state index is 0. The summed E-state index contributed by atoms with van der Waals surface area (Å²) in [5, 5.41) is 0. The summed E-state index contributed by atoms with van der Waals surface area (Å²) in [5.41, 5.74) is 8.04. The molecule has 1 aromatic rings. The van der Waals surface area contributed by atoms with Crippen LogP contribution in [0.3, 0.4) is 0 Å². The highest BCUT2D eigenvalue weighted by atomic mass is 35.5. The van der Waals surface area contributed by atoms with Gasteiger partial charge >= 0.3 is 0 Å². The summed E-state index contributed by atoms with van der Waals surface area (Å²) in [6, 6.07) is 8.31. The van der Waals surface area contributed by atoms with Crippen LogP contribution in [0.2, 0.25) is 0 Å². The van der Waals surface area contributed by atoms with Crippen molar-refractivity contribution in [2.24, 2.45) is 5.73 Å². The zero-order chi connectivity index (χ0) is 12.8. The van der Waals surface area contributed by atoms with E-state index < -0.39 is 0 Å². The molecular weight excluding hydrogens is 260 g/mol. The molecular formula is C15H23ClN2O. The molecule has 0 saturated carbocycles. The number of rotatable bonds is 6. The summed E-state index contributed by atoms with van der Waals surface area (Å²) in [5.74, 6) is 0.291. The standard InChI is InChI=1S/C15H22N2O.ClH/c16-10-6-2-1-3-9-15(18)17-11-13-7-4-5-8-14(13)12-17;/h4-5,7-8H,1-3,6,9-12,16H2;1H. The summed E-state index contributed by atoms with van der Waals surface area (Å²) >= 11 is 0. The van der Waals surface area contributed by atoms with E-state index in [2.05, 4.69) is 12.1 Å². The highest BCUT2D eigenvalue weighted by Crippen LogP contribution is 2.23. The summed E-state index contributed by atoms with van der Waals surface area (Å²) in [6.45, 7) is 2.34. The van der Waals surface area contributed by atoms with Crippen molar-refractivity contribution >= 4 is 18.3 Å². The summed E-state index contributed by atoms with van der Waals surface area (Å²) in [4.78, 5) is 14.0. The van der Waals surface area contributed by atoms with Crippen molar-refractivity contribution in [2.45, 2.75) is 45.2 Å². The van der Waals surface area contributed by atoms with Crippen molar-refractivity contribution in [3.63, 3.8) is 0 Å². The number of unbranched alkanes of at least 4 members (excludes halogenated alkanes) is 3. The van der Waals surface area contributed by atoms with E-state index in [1.807, 2.05) is 17.0 Å². The fraction of sp³-hybridized carbons (Fsp3) is 0.533. The third kappa shape index (κ3) is 4.51. The number of hydrogen-bond acceptors (Lipinski definition) is 2. The first-order valence-corrected chi connectivity index (χ1v) is 6.86. The fourth-order valence-corrected chi connectivity index (χ4v) is 2.44. The highest BCUT2D eigenvalue weighted by molar-refractivity contribution is 5.85. The van der Waals surface area contributed by atoms with E-state index in [1.54, 1.807) is 0 Å². The van der Waals surface area contributed by atoms with Crippen LogP contribution in [0.5, 0.6) is 0 Å². The molecule has 3 nitrogen and oxygen atoms in total. The smallest absolute Gasteiger partial charge is 0.223 e. The topological polar surface area (TPSA) is 46.3 Å². The summed E-state index contributed by atoms with van der Waals surface area (Å²) in [7, 11) is 0. The maximum absolute atomic E-state index is 12.0. The molecule has 0 bridgehead atoms. The monoisotopic (exact) mass is 282 g/mol. The number of amides is 1. The van der Waals surface area contributed by atoms with Crippen molar-refractivity contribution in [3.8, 4) is 0 Å². The van der Waals surface area contributed by atoms with Crippen LogP contribution < -0.4 is 5.73 Å². The number of carbonyl (C=O) groups excluding carboxylic acids is 1. The molecule has 1 amide bonds. The average Bonchev–Trinajstić information content (AvgIpc) is 2.82. The molecule has 0 fully saturated rings. The second-order valence-corrected chi connectivity index (χ2v) is 4.97. The Hall–Kier alpha value is -1.06. The third-order valence-corrected chi connectivity index (χ3v) is 3.54. The van der Waals surface area contributed by atoms with Crippen molar-refractivity contribution in [2.75, 3.05) is 6.54 Å². The van der Waals surface area contributed by atoms with E-state index >= 15 is 0 Å². The van der Waals surface area contributed by atoms with Crippen molar-refractivity contribution < 1.29 is 4.79 Å². The number of carbonyl (C=O) groups is 1. The molecule has 19 heavy (non-hydrogen) atoms. The predicted octanol–water partition coefficient (Wildman–Crippen LogP) is 2.86. The van der Waals surface area contributed by atoms with E-state index in [0.717, 1.165) is 45.3 Å². The molecule has 2 rings (SSSR count). The SMILES string of the molecule is Cl.NCCCCCCC(=O)N1Cc2ccccc2C1.